The summed E-state index contributed by atoms with van der Waals surface area (Å²) >= 11 is 0. The van der Waals surface area contributed by atoms with E-state index in [-0.39, 0.29) is 17.2 Å². The van der Waals surface area contributed by atoms with Gasteiger partial charge in [0.15, 0.2) is 0 Å². The predicted octanol–water partition coefficient (Wildman–Crippen LogP) is 2.56. The summed E-state index contributed by atoms with van der Waals surface area (Å²) < 4.78 is 18.9. The van der Waals surface area contributed by atoms with Crippen molar-refractivity contribution in [1.29, 1.82) is 0 Å². The molecular weight excluding hydrogens is 271 g/mol. The lowest BCUT2D eigenvalue weighted by atomic mass is 9.86. The maximum absolute atomic E-state index is 13.3. The first kappa shape index (κ1) is 12.8. The highest BCUT2D eigenvalue weighted by Gasteiger charge is 2.44. The van der Waals surface area contributed by atoms with E-state index in [2.05, 4.69) is 9.88 Å². The number of nitrogens with zero attached hydrogens (tertiary/aromatic N) is 1. The summed E-state index contributed by atoms with van der Waals surface area (Å²) in [4.78, 5) is 17.7. The number of fused-ring (bicyclic) bond motifs is 3. The number of hydrogen-bond donors (Lipinski definition) is 1. The second-order valence-electron chi connectivity index (χ2n) is 6.24. The zero-order chi connectivity index (χ0) is 14.4. The van der Waals surface area contributed by atoms with E-state index >= 15 is 0 Å². The van der Waals surface area contributed by atoms with Gasteiger partial charge in [0.1, 0.15) is 5.82 Å². The second kappa shape index (κ2) is 4.56. The molecule has 1 aromatic heterocycles. The second-order valence-corrected chi connectivity index (χ2v) is 6.24. The predicted molar refractivity (Wildman–Crippen MR) is 76.6 cm³/mol. The Labute approximate surface area is 121 Å². The van der Waals surface area contributed by atoms with E-state index in [1.54, 1.807) is 12.3 Å². The van der Waals surface area contributed by atoms with E-state index in [0.717, 1.165) is 38.0 Å². The third kappa shape index (κ3) is 2.12. The number of halogens is 1. The van der Waals surface area contributed by atoms with Crippen LogP contribution in [-0.2, 0) is 4.74 Å². The first-order valence-corrected chi connectivity index (χ1v) is 7.31. The van der Waals surface area contributed by atoms with Gasteiger partial charge in [0.05, 0.1) is 12.2 Å². The third-order valence-electron chi connectivity index (χ3n) is 4.85. The smallest absolute Gasteiger partial charge is 0.340 e. The van der Waals surface area contributed by atoms with Crippen LogP contribution in [0.15, 0.2) is 24.4 Å². The first-order chi connectivity index (χ1) is 10.2. The molecule has 2 saturated heterocycles. The summed E-state index contributed by atoms with van der Waals surface area (Å²) in [6.07, 6.45) is 3.80. The van der Waals surface area contributed by atoms with Gasteiger partial charge in [-0.3, -0.25) is 0 Å². The molecule has 0 saturated carbocycles. The van der Waals surface area contributed by atoms with Gasteiger partial charge in [-0.15, -0.1) is 0 Å². The molecular formula is C16H17FN2O2. The highest BCUT2D eigenvalue weighted by molar-refractivity contribution is 6.04. The van der Waals surface area contributed by atoms with E-state index in [1.807, 2.05) is 0 Å². The number of ether oxygens (including phenoxy) is 1. The fraction of sp³-hybridized carbons (Fsp3) is 0.438. The number of benzene rings is 1. The number of H-pyrrole nitrogens is 1. The molecule has 1 N–H and O–H groups in total. The minimum Gasteiger partial charge on any atom is -0.461 e. The zero-order valence-corrected chi connectivity index (χ0v) is 11.7. The number of carbonyl (C=O) groups excluding carboxylic acids is 1. The van der Waals surface area contributed by atoms with Crippen LogP contribution in [0.1, 0.15) is 23.2 Å². The number of aromatic nitrogens is 1. The molecule has 2 bridgehead atoms. The van der Waals surface area contributed by atoms with Crippen LogP contribution in [0.25, 0.3) is 10.9 Å². The minimum absolute atomic E-state index is 0.146. The van der Waals surface area contributed by atoms with Crippen molar-refractivity contribution in [2.45, 2.75) is 12.8 Å². The number of esters is 1. The van der Waals surface area contributed by atoms with Gasteiger partial charge in [-0.25, -0.2) is 9.18 Å². The van der Waals surface area contributed by atoms with E-state index in [0.29, 0.717) is 17.6 Å². The Balaban J connectivity index is 1.52. The summed E-state index contributed by atoms with van der Waals surface area (Å²) in [6.45, 7) is 3.71. The van der Waals surface area contributed by atoms with E-state index in [9.17, 15) is 9.18 Å². The van der Waals surface area contributed by atoms with Crippen molar-refractivity contribution in [2.75, 3.05) is 26.2 Å². The van der Waals surface area contributed by atoms with Gasteiger partial charge in [-0.2, -0.15) is 0 Å². The summed E-state index contributed by atoms with van der Waals surface area (Å²) in [5.74, 6) is -0.719. The van der Waals surface area contributed by atoms with Crippen LogP contribution in [0.2, 0.25) is 0 Å². The molecule has 5 heteroatoms. The van der Waals surface area contributed by atoms with Crippen molar-refractivity contribution in [3.05, 3.63) is 35.8 Å². The molecule has 4 rings (SSSR count). The van der Waals surface area contributed by atoms with Crippen molar-refractivity contribution < 1.29 is 13.9 Å². The highest BCUT2D eigenvalue weighted by Crippen LogP contribution is 2.40. The molecule has 1 aromatic carbocycles. The van der Waals surface area contributed by atoms with Crippen LogP contribution < -0.4 is 0 Å². The molecule has 4 nitrogen and oxygen atoms in total. The number of piperidine rings is 1. The number of aromatic amines is 1. The molecule has 110 valence electrons. The lowest BCUT2D eigenvalue weighted by Gasteiger charge is -2.24. The van der Waals surface area contributed by atoms with Crippen molar-refractivity contribution in [2.24, 2.45) is 5.41 Å². The van der Waals surface area contributed by atoms with Gasteiger partial charge in [0.2, 0.25) is 0 Å². The molecule has 2 fully saturated rings. The van der Waals surface area contributed by atoms with Gasteiger partial charge < -0.3 is 14.6 Å². The molecule has 2 aromatic rings. The summed E-state index contributed by atoms with van der Waals surface area (Å²) in [7, 11) is 0. The Bertz CT molecular complexity index is 701. The summed E-state index contributed by atoms with van der Waals surface area (Å²) in [6, 6.07) is 4.37. The standard InChI is InChI=1S/C16H17FN2O2/c17-11-1-2-14-12(7-11)13(8-18-14)15(20)21-10-16-3-5-19(9-16)6-4-16/h1-2,7-8,18H,3-6,9-10H2. The molecule has 2 aliphatic rings. The van der Waals surface area contributed by atoms with E-state index in [1.165, 1.54) is 12.1 Å². The summed E-state index contributed by atoms with van der Waals surface area (Å²) in [5.41, 5.74) is 1.30. The topological polar surface area (TPSA) is 45.3 Å². The van der Waals surface area contributed by atoms with Crippen LogP contribution in [0.5, 0.6) is 0 Å². The first-order valence-electron chi connectivity index (χ1n) is 7.31. The Morgan fingerprint density at radius 2 is 2.19 bits per heavy atom. The number of rotatable bonds is 3. The van der Waals surface area contributed by atoms with Crippen molar-refractivity contribution >= 4 is 16.9 Å². The van der Waals surface area contributed by atoms with Crippen molar-refractivity contribution in [1.82, 2.24) is 9.88 Å². The monoisotopic (exact) mass is 288 g/mol. The number of carbonyl (C=O) groups is 1. The van der Waals surface area contributed by atoms with Gasteiger partial charge in [-0.1, -0.05) is 0 Å². The van der Waals surface area contributed by atoms with Crippen molar-refractivity contribution in [3.8, 4) is 0 Å². The molecule has 0 aliphatic carbocycles. The van der Waals surface area contributed by atoms with Crippen LogP contribution >= 0.6 is 0 Å². The quantitative estimate of drug-likeness (QED) is 0.883. The van der Waals surface area contributed by atoms with Crippen LogP contribution in [0, 0.1) is 11.2 Å². The van der Waals surface area contributed by atoms with Crippen LogP contribution in [0.4, 0.5) is 4.39 Å². The Kier molecular flexibility index (Phi) is 2.79. The lowest BCUT2D eigenvalue weighted by Crippen LogP contribution is -2.27. The minimum atomic E-state index is -0.369. The molecule has 0 radical (unpaired) electrons. The summed E-state index contributed by atoms with van der Waals surface area (Å²) in [5, 5.41) is 0.581. The van der Waals surface area contributed by atoms with Gasteiger partial charge in [0.25, 0.3) is 0 Å². The largest absolute Gasteiger partial charge is 0.461 e. The fourth-order valence-corrected chi connectivity index (χ4v) is 3.57. The number of nitrogens with one attached hydrogen (secondary N) is 1. The Morgan fingerprint density at radius 1 is 1.38 bits per heavy atom. The lowest BCUT2D eigenvalue weighted by molar-refractivity contribution is 0.0326. The third-order valence-corrected chi connectivity index (χ3v) is 4.85. The maximum atomic E-state index is 13.3. The van der Waals surface area contributed by atoms with Crippen LogP contribution in [0.3, 0.4) is 0 Å². The molecule has 21 heavy (non-hydrogen) atoms. The average Bonchev–Trinajstić information content (AvgIpc) is 3.18. The normalized spacial score (nSPS) is 27.4. The maximum Gasteiger partial charge on any atom is 0.340 e. The van der Waals surface area contributed by atoms with E-state index in [4.69, 9.17) is 4.74 Å². The Hall–Kier alpha value is -1.88. The zero-order valence-electron chi connectivity index (χ0n) is 11.7. The molecule has 0 unspecified atom stereocenters. The molecule has 3 heterocycles. The van der Waals surface area contributed by atoms with Crippen molar-refractivity contribution in [3.63, 3.8) is 0 Å². The SMILES string of the molecule is O=C(OCC12CCN(CC1)C2)c1c[nH]c2ccc(F)cc12. The van der Waals surface area contributed by atoms with Crippen LogP contribution in [-0.4, -0.2) is 42.1 Å². The van der Waals surface area contributed by atoms with E-state index < -0.39 is 0 Å². The average molecular weight is 288 g/mol. The number of hydrogen-bond acceptors (Lipinski definition) is 3. The van der Waals surface area contributed by atoms with Gasteiger partial charge in [-0.05, 0) is 44.1 Å². The highest BCUT2D eigenvalue weighted by atomic mass is 19.1. The molecule has 2 aliphatic heterocycles. The molecule has 0 amide bonds. The molecule has 0 spiro atoms. The molecule has 0 atom stereocenters. The van der Waals surface area contributed by atoms with Gasteiger partial charge in [0, 0.05) is 29.1 Å². The fourth-order valence-electron chi connectivity index (χ4n) is 3.57. The van der Waals surface area contributed by atoms with Gasteiger partial charge >= 0.3 is 5.97 Å². The Morgan fingerprint density at radius 3 is 2.90 bits per heavy atom.